The fraction of sp³-hybridized carbons (Fsp3) is 0.462. The molecule has 10 heteroatoms. The van der Waals surface area contributed by atoms with E-state index in [-0.39, 0.29) is 17.7 Å². The summed E-state index contributed by atoms with van der Waals surface area (Å²) in [5.74, 6) is 0.210. The van der Waals surface area contributed by atoms with Crippen LogP contribution >= 0.6 is 0 Å². The normalized spacial score (nSPS) is 18.0. The van der Waals surface area contributed by atoms with Gasteiger partial charge in [-0.25, -0.2) is 4.98 Å². The lowest BCUT2D eigenvalue weighted by atomic mass is 9.95. The molecule has 1 aromatic heterocycles. The van der Waals surface area contributed by atoms with Gasteiger partial charge in [0.2, 0.25) is 5.91 Å². The van der Waals surface area contributed by atoms with E-state index < -0.39 is 17.3 Å². The van der Waals surface area contributed by atoms with Crippen molar-refractivity contribution >= 4 is 23.7 Å². The van der Waals surface area contributed by atoms with E-state index in [0.717, 1.165) is 50.4 Å². The average molecular weight is 500 g/mol. The van der Waals surface area contributed by atoms with Crippen LogP contribution in [0.4, 0.5) is 24.7 Å². The van der Waals surface area contributed by atoms with Crippen molar-refractivity contribution in [1.82, 2.24) is 9.88 Å². The maximum absolute atomic E-state index is 13.3. The van der Waals surface area contributed by atoms with Crippen LogP contribution in [0, 0.1) is 23.2 Å². The number of carbonyl (C=O) groups excluding carboxylic acids is 2. The van der Waals surface area contributed by atoms with Crippen LogP contribution in [-0.4, -0.2) is 48.3 Å². The highest BCUT2D eigenvalue weighted by Crippen LogP contribution is 2.35. The highest BCUT2D eigenvalue weighted by atomic mass is 19.4. The minimum Gasteiger partial charge on any atom is -0.371 e. The Balaban J connectivity index is 1.28. The molecule has 1 amide bonds. The number of aldehydes is 1. The number of benzene rings is 1. The second-order valence-corrected chi connectivity index (χ2v) is 9.39. The number of nitriles is 1. The summed E-state index contributed by atoms with van der Waals surface area (Å²) in [5.41, 5.74) is 0.0863. The molecule has 2 aliphatic heterocycles. The van der Waals surface area contributed by atoms with Gasteiger partial charge in [0.15, 0.2) is 0 Å². The van der Waals surface area contributed by atoms with Crippen molar-refractivity contribution < 1.29 is 22.8 Å². The predicted molar refractivity (Wildman–Crippen MR) is 128 cm³/mol. The van der Waals surface area contributed by atoms with E-state index in [9.17, 15) is 22.8 Å². The van der Waals surface area contributed by atoms with E-state index in [4.69, 9.17) is 5.26 Å². The summed E-state index contributed by atoms with van der Waals surface area (Å²) in [7, 11) is 0. The lowest BCUT2D eigenvalue weighted by Gasteiger charge is -2.33. The minimum atomic E-state index is -4.60. The second-order valence-electron chi connectivity index (χ2n) is 9.39. The van der Waals surface area contributed by atoms with Gasteiger partial charge in [0, 0.05) is 43.4 Å². The summed E-state index contributed by atoms with van der Waals surface area (Å²) in [6, 6.07) is 9.02. The van der Waals surface area contributed by atoms with Crippen molar-refractivity contribution in [3.63, 3.8) is 0 Å². The number of alkyl halides is 3. The van der Waals surface area contributed by atoms with Gasteiger partial charge >= 0.3 is 6.18 Å². The first kappa shape index (κ1) is 25.6. The quantitative estimate of drug-likeness (QED) is 0.598. The number of carbonyl (C=O) groups is 2. The molecule has 1 N–H and O–H groups in total. The number of anilines is 2. The number of halogens is 3. The smallest absolute Gasteiger partial charge is 0.371 e. The number of rotatable bonds is 6. The van der Waals surface area contributed by atoms with Crippen molar-refractivity contribution in [2.75, 3.05) is 36.4 Å². The maximum Gasteiger partial charge on any atom is 0.417 e. The molecule has 1 aromatic carbocycles. The molecule has 0 aliphatic carbocycles. The van der Waals surface area contributed by atoms with Crippen LogP contribution in [0.25, 0.3) is 0 Å². The second kappa shape index (κ2) is 11.1. The lowest BCUT2D eigenvalue weighted by Crippen LogP contribution is -2.38. The van der Waals surface area contributed by atoms with E-state index in [1.165, 1.54) is 12.1 Å². The Morgan fingerprint density at radius 2 is 1.83 bits per heavy atom. The number of nitrogens with one attached hydrogen (secondary N) is 1. The van der Waals surface area contributed by atoms with Gasteiger partial charge in [-0.15, -0.1) is 0 Å². The molecule has 7 nitrogen and oxygen atoms in total. The zero-order valence-corrected chi connectivity index (χ0v) is 19.8. The molecule has 2 saturated heterocycles. The number of piperidine rings is 2. The number of aromatic nitrogens is 1. The van der Waals surface area contributed by atoms with Crippen LogP contribution in [0.3, 0.4) is 0 Å². The standard InChI is InChI=1S/C26H28F3N5O2/c27-26(28,29)23-13-22(3-2-21(23)14-30)34-11-7-20(8-12-34)25(36)32-24-4-1-19(15-31-24)16-33-9-5-18(17-35)6-10-33/h1-4,13,15,17-18,20H,5-12,16H2,(H,31,32,36). The number of amides is 1. The van der Waals surface area contributed by atoms with Crippen molar-refractivity contribution in [1.29, 1.82) is 5.26 Å². The Bertz CT molecular complexity index is 1110. The van der Waals surface area contributed by atoms with Crippen LogP contribution in [-0.2, 0) is 22.3 Å². The van der Waals surface area contributed by atoms with Crippen LogP contribution in [0.15, 0.2) is 36.5 Å². The van der Waals surface area contributed by atoms with Gasteiger partial charge in [0.25, 0.3) is 0 Å². The van der Waals surface area contributed by atoms with Gasteiger partial charge in [-0.05, 0) is 68.6 Å². The van der Waals surface area contributed by atoms with Gasteiger partial charge in [0.1, 0.15) is 12.1 Å². The fourth-order valence-electron chi connectivity index (χ4n) is 4.79. The Morgan fingerprint density at radius 1 is 1.11 bits per heavy atom. The Kier molecular flexibility index (Phi) is 7.89. The third-order valence-corrected chi connectivity index (χ3v) is 6.97. The number of pyridine rings is 1. The number of likely N-dealkylation sites (tertiary alicyclic amines) is 1. The largest absolute Gasteiger partial charge is 0.417 e. The predicted octanol–water partition coefficient (Wildman–Crippen LogP) is 4.24. The monoisotopic (exact) mass is 499 g/mol. The topological polar surface area (TPSA) is 89.3 Å². The zero-order valence-electron chi connectivity index (χ0n) is 19.8. The first-order chi connectivity index (χ1) is 17.3. The van der Waals surface area contributed by atoms with Crippen LogP contribution in [0.1, 0.15) is 42.4 Å². The first-order valence-electron chi connectivity index (χ1n) is 12.1. The Hall–Kier alpha value is -3.45. The molecular weight excluding hydrogens is 471 g/mol. The highest BCUT2D eigenvalue weighted by Gasteiger charge is 2.35. The van der Waals surface area contributed by atoms with Crippen molar-refractivity contribution in [3.8, 4) is 6.07 Å². The van der Waals surface area contributed by atoms with Gasteiger partial charge in [-0.3, -0.25) is 9.69 Å². The molecule has 4 rings (SSSR count). The Morgan fingerprint density at radius 3 is 2.42 bits per heavy atom. The molecule has 0 unspecified atom stereocenters. The van der Waals surface area contributed by atoms with E-state index in [1.807, 2.05) is 11.0 Å². The molecule has 36 heavy (non-hydrogen) atoms. The molecule has 0 saturated carbocycles. The number of hydrogen-bond donors (Lipinski definition) is 1. The SMILES string of the molecule is N#Cc1ccc(N2CCC(C(=O)Nc3ccc(CN4CCC(C=O)CC4)cn3)CC2)cc1C(F)(F)F. The highest BCUT2D eigenvalue weighted by molar-refractivity contribution is 5.91. The third-order valence-electron chi connectivity index (χ3n) is 6.97. The van der Waals surface area contributed by atoms with Gasteiger partial charge < -0.3 is 15.0 Å². The van der Waals surface area contributed by atoms with E-state index >= 15 is 0 Å². The van der Waals surface area contributed by atoms with E-state index in [1.54, 1.807) is 18.3 Å². The summed E-state index contributed by atoms with van der Waals surface area (Å²) < 4.78 is 39.9. The molecule has 3 heterocycles. The van der Waals surface area contributed by atoms with Crippen LogP contribution < -0.4 is 10.2 Å². The molecule has 2 aliphatic rings. The van der Waals surface area contributed by atoms with Crippen LogP contribution in [0.2, 0.25) is 0 Å². The van der Waals surface area contributed by atoms with Gasteiger partial charge in [-0.1, -0.05) is 6.07 Å². The summed E-state index contributed by atoms with van der Waals surface area (Å²) in [6.45, 7) is 3.38. The average Bonchev–Trinajstić information content (AvgIpc) is 2.89. The molecule has 0 bridgehead atoms. The molecule has 2 aromatic rings. The number of nitrogens with zero attached hydrogens (tertiary/aromatic N) is 4. The molecular formula is C26H28F3N5O2. The molecule has 0 atom stereocenters. The summed E-state index contributed by atoms with van der Waals surface area (Å²) >= 11 is 0. The Labute approximate surface area is 207 Å². The third kappa shape index (κ3) is 6.21. The fourth-order valence-corrected chi connectivity index (χ4v) is 4.79. The summed E-state index contributed by atoms with van der Waals surface area (Å²) in [4.78, 5) is 32.1. The zero-order chi connectivity index (χ0) is 25.7. The molecule has 190 valence electrons. The van der Waals surface area contributed by atoms with Crippen molar-refractivity contribution in [3.05, 3.63) is 53.2 Å². The molecule has 0 spiro atoms. The molecule has 0 radical (unpaired) electrons. The van der Waals surface area contributed by atoms with Crippen molar-refractivity contribution in [2.45, 2.75) is 38.4 Å². The first-order valence-corrected chi connectivity index (χ1v) is 12.1. The minimum absolute atomic E-state index is 0.151. The summed E-state index contributed by atoms with van der Waals surface area (Å²) in [5, 5.41) is 11.8. The summed E-state index contributed by atoms with van der Waals surface area (Å²) in [6.07, 6.45) is 0.931. The molecule has 2 fully saturated rings. The van der Waals surface area contributed by atoms with Gasteiger partial charge in [-0.2, -0.15) is 18.4 Å². The van der Waals surface area contributed by atoms with E-state index in [0.29, 0.717) is 37.4 Å². The van der Waals surface area contributed by atoms with Crippen molar-refractivity contribution in [2.24, 2.45) is 11.8 Å². The maximum atomic E-state index is 13.3. The van der Waals surface area contributed by atoms with Gasteiger partial charge in [0.05, 0.1) is 17.2 Å². The van der Waals surface area contributed by atoms with Crippen LogP contribution in [0.5, 0.6) is 0 Å². The van der Waals surface area contributed by atoms with E-state index in [2.05, 4.69) is 15.2 Å². The lowest BCUT2D eigenvalue weighted by molar-refractivity contribution is -0.137. The number of hydrogen-bond acceptors (Lipinski definition) is 6.